The first-order chi connectivity index (χ1) is 8.54. The Morgan fingerprint density at radius 3 is 2.94 bits per heavy atom. The second-order valence-electron chi connectivity index (χ2n) is 4.94. The number of nitrogens with two attached hydrogens (primary N) is 1. The molecule has 1 aliphatic rings. The van der Waals surface area contributed by atoms with Gasteiger partial charge in [0.05, 0.1) is 0 Å². The number of nitro groups is 1. The predicted octanol–water partition coefficient (Wildman–Crippen LogP) is 0.892. The second kappa shape index (κ2) is 4.93. The first kappa shape index (κ1) is 12.8. The second-order valence-corrected chi connectivity index (χ2v) is 4.94. The number of imidazole rings is 1. The van der Waals surface area contributed by atoms with E-state index in [4.69, 9.17) is 5.73 Å². The highest BCUT2D eigenvalue weighted by atomic mass is 16.6. The molecule has 7 heteroatoms. The zero-order valence-electron chi connectivity index (χ0n) is 10.7. The van der Waals surface area contributed by atoms with Crippen LogP contribution in [0.4, 0.5) is 11.6 Å². The van der Waals surface area contributed by atoms with E-state index >= 15 is 0 Å². The third-order valence-electron chi connectivity index (χ3n) is 3.65. The lowest BCUT2D eigenvalue weighted by molar-refractivity contribution is -0.388. The average molecular weight is 253 g/mol. The fourth-order valence-electron chi connectivity index (χ4n) is 2.54. The van der Waals surface area contributed by atoms with E-state index in [2.05, 4.69) is 16.8 Å². The van der Waals surface area contributed by atoms with Gasteiger partial charge < -0.3 is 20.7 Å². The molecule has 7 nitrogen and oxygen atoms in total. The monoisotopic (exact) mass is 253 g/mol. The van der Waals surface area contributed by atoms with Gasteiger partial charge >= 0.3 is 5.82 Å². The van der Waals surface area contributed by atoms with Gasteiger partial charge in [0.1, 0.15) is 0 Å². The van der Waals surface area contributed by atoms with Gasteiger partial charge in [-0.1, -0.05) is 0 Å². The summed E-state index contributed by atoms with van der Waals surface area (Å²) in [4.78, 5) is 16.5. The van der Waals surface area contributed by atoms with Gasteiger partial charge in [-0.2, -0.15) is 0 Å². The molecule has 18 heavy (non-hydrogen) atoms. The molecule has 1 aliphatic heterocycles. The van der Waals surface area contributed by atoms with Crippen LogP contribution in [0.25, 0.3) is 0 Å². The third kappa shape index (κ3) is 2.17. The summed E-state index contributed by atoms with van der Waals surface area (Å²) in [6.07, 6.45) is 3.58. The standard InChI is InChI=1S/C11H19N5O2/c1-8-3-4-9(5-12)6-15(8)11-10(16(17)18)13-7-14(11)2/h7-9H,3-6,12H2,1-2H3. The molecule has 100 valence electrons. The lowest BCUT2D eigenvalue weighted by atomic mass is 9.93. The van der Waals surface area contributed by atoms with Crippen molar-refractivity contribution in [3.8, 4) is 0 Å². The van der Waals surface area contributed by atoms with Crippen LogP contribution in [0.3, 0.4) is 0 Å². The third-order valence-corrected chi connectivity index (χ3v) is 3.65. The van der Waals surface area contributed by atoms with E-state index < -0.39 is 4.92 Å². The van der Waals surface area contributed by atoms with Crippen molar-refractivity contribution in [1.82, 2.24) is 9.55 Å². The summed E-state index contributed by atoms with van der Waals surface area (Å²) >= 11 is 0. The molecule has 0 bridgehead atoms. The van der Waals surface area contributed by atoms with Crippen LogP contribution in [0.2, 0.25) is 0 Å². The van der Waals surface area contributed by atoms with E-state index in [-0.39, 0.29) is 11.9 Å². The van der Waals surface area contributed by atoms with Gasteiger partial charge in [-0.25, -0.2) is 0 Å². The Morgan fingerprint density at radius 2 is 2.33 bits per heavy atom. The van der Waals surface area contributed by atoms with Crippen molar-refractivity contribution < 1.29 is 4.92 Å². The van der Waals surface area contributed by atoms with Crippen LogP contribution >= 0.6 is 0 Å². The molecule has 1 aromatic rings. The van der Waals surface area contributed by atoms with Crippen LogP contribution in [-0.2, 0) is 7.05 Å². The van der Waals surface area contributed by atoms with Crippen molar-refractivity contribution in [3.63, 3.8) is 0 Å². The molecule has 0 radical (unpaired) electrons. The van der Waals surface area contributed by atoms with Crippen LogP contribution in [0.1, 0.15) is 19.8 Å². The number of hydrogen-bond donors (Lipinski definition) is 1. The molecule has 2 heterocycles. The zero-order chi connectivity index (χ0) is 13.3. The maximum Gasteiger partial charge on any atom is 0.406 e. The fraction of sp³-hybridized carbons (Fsp3) is 0.727. The Balaban J connectivity index is 2.34. The molecule has 2 unspecified atom stereocenters. The Kier molecular flexibility index (Phi) is 3.51. The number of aryl methyl sites for hydroxylation is 1. The molecule has 1 aromatic heterocycles. The number of hydrogen-bond acceptors (Lipinski definition) is 5. The summed E-state index contributed by atoms with van der Waals surface area (Å²) in [5.41, 5.74) is 5.72. The van der Waals surface area contributed by atoms with E-state index in [0.717, 1.165) is 19.4 Å². The lowest BCUT2D eigenvalue weighted by Gasteiger charge is -2.38. The molecule has 2 N–H and O–H groups in total. The number of rotatable bonds is 3. The van der Waals surface area contributed by atoms with Crippen molar-refractivity contribution >= 4 is 11.6 Å². The van der Waals surface area contributed by atoms with Crippen molar-refractivity contribution in [3.05, 3.63) is 16.4 Å². The largest absolute Gasteiger partial charge is 0.406 e. The highest BCUT2D eigenvalue weighted by Crippen LogP contribution is 2.32. The Hall–Kier alpha value is -1.63. The predicted molar refractivity (Wildman–Crippen MR) is 68.4 cm³/mol. The molecule has 2 atom stereocenters. The molecule has 0 aromatic carbocycles. The molecule has 0 saturated carbocycles. The summed E-state index contributed by atoms with van der Waals surface area (Å²) in [7, 11) is 1.79. The van der Waals surface area contributed by atoms with Gasteiger partial charge in [-0.05, 0) is 42.1 Å². The normalized spacial score (nSPS) is 24.3. The van der Waals surface area contributed by atoms with Crippen LogP contribution in [-0.4, -0.2) is 33.6 Å². The van der Waals surface area contributed by atoms with Crippen LogP contribution < -0.4 is 10.6 Å². The minimum atomic E-state index is -0.423. The van der Waals surface area contributed by atoms with Crippen molar-refractivity contribution in [2.45, 2.75) is 25.8 Å². The first-order valence-corrected chi connectivity index (χ1v) is 6.17. The maximum absolute atomic E-state index is 11.0. The van der Waals surface area contributed by atoms with Gasteiger partial charge in [0.25, 0.3) is 0 Å². The van der Waals surface area contributed by atoms with Gasteiger partial charge in [-0.3, -0.25) is 4.57 Å². The van der Waals surface area contributed by atoms with E-state index in [0.29, 0.717) is 18.3 Å². The minimum Gasteiger partial charge on any atom is -0.358 e. The van der Waals surface area contributed by atoms with Crippen molar-refractivity contribution in [2.24, 2.45) is 18.7 Å². The number of piperidine rings is 1. The number of nitrogens with zero attached hydrogens (tertiary/aromatic N) is 4. The molecule has 0 aliphatic carbocycles. The molecular formula is C11H19N5O2. The Morgan fingerprint density at radius 1 is 1.61 bits per heavy atom. The summed E-state index contributed by atoms with van der Waals surface area (Å²) in [5.74, 6) is 0.920. The highest BCUT2D eigenvalue weighted by Gasteiger charge is 2.32. The summed E-state index contributed by atoms with van der Waals surface area (Å²) < 4.78 is 1.72. The molecule has 1 saturated heterocycles. The number of aromatic nitrogens is 2. The maximum atomic E-state index is 11.0. The van der Waals surface area contributed by atoms with Crippen molar-refractivity contribution in [1.29, 1.82) is 0 Å². The van der Waals surface area contributed by atoms with E-state index in [9.17, 15) is 10.1 Å². The van der Waals surface area contributed by atoms with Crippen LogP contribution in [0.5, 0.6) is 0 Å². The van der Waals surface area contributed by atoms with Crippen LogP contribution in [0, 0.1) is 16.0 Å². The molecule has 0 spiro atoms. The van der Waals surface area contributed by atoms with Gasteiger partial charge in [0.15, 0.2) is 0 Å². The Labute approximate surface area is 106 Å². The van der Waals surface area contributed by atoms with Gasteiger partial charge in [0.2, 0.25) is 12.1 Å². The SMILES string of the molecule is CC1CCC(CN)CN1c1c([N+](=O)[O-])ncn1C. The fourth-order valence-corrected chi connectivity index (χ4v) is 2.54. The molecule has 0 amide bonds. The smallest absolute Gasteiger partial charge is 0.358 e. The number of anilines is 1. The van der Waals surface area contributed by atoms with E-state index in [1.54, 1.807) is 11.6 Å². The summed E-state index contributed by atoms with van der Waals surface area (Å²) in [6, 6.07) is 0.280. The average Bonchev–Trinajstić information content (AvgIpc) is 2.72. The van der Waals surface area contributed by atoms with E-state index in [1.165, 1.54) is 6.33 Å². The summed E-state index contributed by atoms with van der Waals surface area (Å²) in [5, 5.41) is 11.0. The quantitative estimate of drug-likeness (QED) is 0.638. The Bertz CT molecular complexity index is 445. The minimum absolute atomic E-state index is 0.0676. The highest BCUT2D eigenvalue weighted by molar-refractivity contribution is 5.55. The molecule has 2 rings (SSSR count). The summed E-state index contributed by atoms with van der Waals surface area (Å²) in [6.45, 7) is 3.47. The molecular weight excluding hydrogens is 234 g/mol. The molecule has 1 fully saturated rings. The first-order valence-electron chi connectivity index (χ1n) is 6.17. The van der Waals surface area contributed by atoms with Gasteiger partial charge in [0, 0.05) is 19.6 Å². The van der Waals surface area contributed by atoms with Gasteiger partial charge in [-0.15, -0.1) is 0 Å². The lowest BCUT2D eigenvalue weighted by Crippen LogP contribution is -2.45. The zero-order valence-corrected chi connectivity index (χ0v) is 10.7. The van der Waals surface area contributed by atoms with E-state index in [1.807, 2.05) is 0 Å². The van der Waals surface area contributed by atoms with Crippen molar-refractivity contribution in [2.75, 3.05) is 18.0 Å². The van der Waals surface area contributed by atoms with Crippen LogP contribution in [0.15, 0.2) is 6.33 Å². The topological polar surface area (TPSA) is 90.2 Å².